The van der Waals surface area contributed by atoms with Crippen LogP contribution in [0.5, 0.6) is 5.75 Å². The van der Waals surface area contributed by atoms with Crippen LogP contribution in [0.1, 0.15) is 25.7 Å². The van der Waals surface area contributed by atoms with Crippen molar-refractivity contribution < 1.29 is 23.8 Å². The molecule has 1 N–H and O–H groups in total. The van der Waals surface area contributed by atoms with E-state index >= 15 is 0 Å². The molecule has 1 fully saturated rings. The highest BCUT2D eigenvalue weighted by Crippen LogP contribution is 2.33. The van der Waals surface area contributed by atoms with Gasteiger partial charge in [-0.3, -0.25) is 4.79 Å². The smallest absolute Gasteiger partial charge is 0.329 e. The van der Waals surface area contributed by atoms with E-state index in [4.69, 9.17) is 19.7 Å². The number of hydrogen-bond acceptors (Lipinski definition) is 5. The zero-order valence-corrected chi connectivity index (χ0v) is 19.7. The van der Waals surface area contributed by atoms with Crippen molar-refractivity contribution in [3.05, 3.63) is 70.8 Å². The Morgan fingerprint density at radius 2 is 1.89 bits per heavy atom. The predicted octanol–water partition coefficient (Wildman–Crippen LogP) is 4.63. The van der Waals surface area contributed by atoms with E-state index in [0.717, 1.165) is 31.2 Å². The second-order valence-corrected chi connectivity index (χ2v) is 8.98. The monoisotopic (exact) mass is 480 g/mol. The van der Waals surface area contributed by atoms with Crippen molar-refractivity contribution in [3.8, 4) is 28.1 Å². The summed E-state index contributed by atoms with van der Waals surface area (Å²) in [6.07, 6.45) is 3.74. The number of nitrogens with zero attached hydrogens (tertiary/aromatic N) is 2. The lowest BCUT2D eigenvalue weighted by atomic mass is 9.82. The summed E-state index contributed by atoms with van der Waals surface area (Å²) in [6.45, 7) is 0.527. The van der Waals surface area contributed by atoms with Gasteiger partial charge in [-0.1, -0.05) is 36.8 Å². The Balaban J connectivity index is 1.65. The van der Waals surface area contributed by atoms with Gasteiger partial charge in [-0.25, -0.2) is 13.9 Å². The molecule has 3 aromatic rings. The third-order valence-electron chi connectivity index (χ3n) is 6.36. The molecular formula is C27H29FN2O5. The molecule has 0 aliphatic heterocycles. The molecule has 0 radical (unpaired) electrons. The van der Waals surface area contributed by atoms with Crippen LogP contribution < -0.4 is 10.3 Å². The second kappa shape index (κ2) is 11.3. The van der Waals surface area contributed by atoms with Crippen LogP contribution in [0.3, 0.4) is 0 Å². The van der Waals surface area contributed by atoms with Crippen LogP contribution in [0.4, 0.5) is 4.39 Å². The van der Waals surface area contributed by atoms with Gasteiger partial charge in [0.05, 0.1) is 19.4 Å². The minimum Gasteiger partial charge on any atom is -0.497 e. The number of ether oxygens (including phenoxy) is 2. The zero-order chi connectivity index (χ0) is 24.8. The molecule has 0 saturated heterocycles. The highest BCUT2D eigenvalue weighted by Gasteiger charge is 2.24. The van der Waals surface area contributed by atoms with Crippen molar-refractivity contribution in [3.63, 3.8) is 0 Å². The van der Waals surface area contributed by atoms with E-state index in [2.05, 4.69) is 0 Å². The normalized spacial score (nSPS) is 17.8. The number of hydrogen-bond donors (Lipinski definition) is 1. The fourth-order valence-corrected chi connectivity index (χ4v) is 4.77. The quantitative estimate of drug-likeness (QED) is 0.480. The number of aliphatic carboxylic acids is 1. The van der Waals surface area contributed by atoms with Crippen molar-refractivity contribution in [1.29, 1.82) is 0 Å². The van der Waals surface area contributed by atoms with Gasteiger partial charge in [-0.15, -0.1) is 0 Å². The molecule has 2 atom stereocenters. The first-order valence-corrected chi connectivity index (χ1v) is 11.7. The van der Waals surface area contributed by atoms with Crippen LogP contribution in [0.25, 0.3) is 22.4 Å². The predicted molar refractivity (Wildman–Crippen MR) is 130 cm³/mol. The van der Waals surface area contributed by atoms with E-state index in [1.165, 1.54) is 23.9 Å². The van der Waals surface area contributed by atoms with Gasteiger partial charge in [0, 0.05) is 29.8 Å². The van der Waals surface area contributed by atoms with Gasteiger partial charge in [0.25, 0.3) is 5.56 Å². The van der Waals surface area contributed by atoms with Crippen LogP contribution in [-0.2, 0) is 16.1 Å². The summed E-state index contributed by atoms with van der Waals surface area (Å²) in [5, 5.41) is 13.5. The largest absolute Gasteiger partial charge is 0.497 e. The lowest BCUT2D eigenvalue weighted by Crippen LogP contribution is -2.30. The third kappa shape index (κ3) is 6.33. The highest BCUT2D eigenvalue weighted by atomic mass is 19.1. The molecule has 1 heterocycles. The van der Waals surface area contributed by atoms with E-state index < -0.39 is 11.8 Å². The van der Waals surface area contributed by atoms with E-state index in [9.17, 15) is 14.0 Å². The first-order chi connectivity index (χ1) is 16.9. The molecule has 184 valence electrons. The SMILES string of the molecule is COc1cc(F)cc(-c2nn(CC3CCCC(COCC(=O)O)C3)c(=O)cc2-c2ccccc2)c1. The van der Waals surface area contributed by atoms with E-state index in [1.54, 1.807) is 12.1 Å². The average molecular weight is 481 g/mol. The van der Waals surface area contributed by atoms with Crippen LogP contribution >= 0.6 is 0 Å². The topological polar surface area (TPSA) is 90.7 Å². The minimum atomic E-state index is -0.979. The Kier molecular flexibility index (Phi) is 7.92. The second-order valence-electron chi connectivity index (χ2n) is 8.98. The van der Waals surface area contributed by atoms with Crippen LogP contribution in [0.2, 0.25) is 0 Å². The third-order valence-corrected chi connectivity index (χ3v) is 6.36. The van der Waals surface area contributed by atoms with Gasteiger partial charge < -0.3 is 14.6 Å². The lowest BCUT2D eigenvalue weighted by molar-refractivity contribution is -0.142. The molecule has 4 rings (SSSR count). The fourth-order valence-electron chi connectivity index (χ4n) is 4.77. The molecule has 1 aliphatic carbocycles. The van der Waals surface area contributed by atoms with Crippen molar-refractivity contribution in [2.45, 2.75) is 32.2 Å². The van der Waals surface area contributed by atoms with Crippen molar-refractivity contribution in [2.75, 3.05) is 20.3 Å². The number of halogens is 1. The van der Waals surface area contributed by atoms with E-state index in [-0.39, 0.29) is 24.0 Å². The Bertz CT molecular complexity index is 1230. The number of methoxy groups -OCH3 is 1. The number of benzene rings is 2. The number of carboxylic acid groups (broad SMARTS) is 1. The molecule has 0 amide bonds. The first-order valence-electron chi connectivity index (χ1n) is 11.7. The maximum absolute atomic E-state index is 14.4. The highest BCUT2D eigenvalue weighted by molar-refractivity contribution is 5.80. The Labute approximate surface area is 203 Å². The molecular weight excluding hydrogens is 451 g/mol. The van der Waals surface area contributed by atoms with Gasteiger partial charge in [0.2, 0.25) is 0 Å². The molecule has 0 bridgehead atoms. The Morgan fingerprint density at radius 3 is 2.63 bits per heavy atom. The van der Waals surface area contributed by atoms with Gasteiger partial charge in [0.1, 0.15) is 18.2 Å². The summed E-state index contributed by atoms with van der Waals surface area (Å²) in [7, 11) is 1.48. The fraction of sp³-hybridized carbons (Fsp3) is 0.370. The molecule has 1 aliphatic rings. The molecule has 1 aromatic heterocycles. The number of rotatable bonds is 9. The van der Waals surface area contributed by atoms with Crippen LogP contribution in [0.15, 0.2) is 59.4 Å². The standard InChI is InChI=1S/C27H29FN2O5/c1-34-23-12-21(11-22(28)13-23)27-24(20-8-3-2-4-9-20)14-25(31)30(29-27)15-18-6-5-7-19(10-18)16-35-17-26(32)33/h2-4,8-9,11-14,18-19H,5-7,10,15-17H2,1H3,(H,32,33). The van der Waals surface area contributed by atoms with Crippen molar-refractivity contribution in [2.24, 2.45) is 11.8 Å². The summed E-state index contributed by atoms with van der Waals surface area (Å²) < 4.78 is 26.4. The average Bonchev–Trinajstić information content (AvgIpc) is 2.85. The first kappa shape index (κ1) is 24.6. The maximum atomic E-state index is 14.4. The lowest BCUT2D eigenvalue weighted by Gasteiger charge is -2.29. The minimum absolute atomic E-state index is 0.213. The maximum Gasteiger partial charge on any atom is 0.329 e. The summed E-state index contributed by atoms with van der Waals surface area (Å²) in [4.78, 5) is 23.8. The van der Waals surface area contributed by atoms with Gasteiger partial charge in [0.15, 0.2) is 0 Å². The van der Waals surface area contributed by atoms with Crippen LogP contribution in [-0.4, -0.2) is 41.2 Å². The molecule has 2 aromatic carbocycles. The van der Waals surface area contributed by atoms with E-state index in [0.29, 0.717) is 35.7 Å². The zero-order valence-electron chi connectivity index (χ0n) is 19.7. The van der Waals surface area contributed by atoms with Crippen molar-refractivity contribution >= 4 is 5.97 Å². The van der Waals surface area contributed by atoms with Gasteiger partial charge >= 0.3 is 5.97 Å². The number of carboxylic acids is 1. The molecule has 7 nitrogen and oxygen atoms in total. The Hall–Kier alpha value is -3.52. The summed E-state index contributed by atoms with van der Waals surface area (Å²) >= 11 is 0. The number of aromatic nitrogens is 2. The summed E-state index contributed by atoms with van der Waals surface area (Å²) in [6, 6.07) is 15.4. The van der Waals surface area contributed by atoms with Crippen LogP contribution in [0, 0.1) is 17.7 Å². The van der Waals surface area contributed by atoms with Crippen molar-refractivity contribution in [1.82, 2.24) is 9.78 Å². The molecule has 0 spiro atoms. The number of carbonyl (C=O) groups is 1. The molecule has 8 heteroatoms. The molecule has 1 saturated carbocycles. The molecule has 2 unspecified atom stereocenters. The summed E-state index contributed by atoms with van der Waals surface area (Å²) in [5.41, 5.74) is 2.25. The molecule has 35 heavy (non-hydrogen) atoms. The summed E-state index contributed by atoms with van der Waals surface area (Å²) in [5.74, 6) is -0.596. The van der Waals surface area contributed by atoms with Gasteiger partial charge in [-0.2, -0.15) is 5.10 Å². The Morgan fingerprint density at radius 1 is 1.11 bits per heavy atom. The van der Waals surface area contributed by atoms with E-state index in [1.807, 2.05) is 30.3 Å². The van der Waals surface area contributed by atoms with Gasteiger partial charge in [-0.05, 0) is 48.8 Å².